The van der Waals surface area contributed by atoms with Crippen molar-refractivity contribution in [2.45, 2.75) is 70.6 Å². The van der Waals surface area contributed by atoms with Gasteiger partial charge in [-0.2, -0.15) is 0 Å². The monoisotopic (exact) mass is 269 g/mol. The molecular formula is C16H31NO2. The van der Waals surface area contributed by atoms with Gasteiger partial charge < -0.3 is 9.84 Å². The minimum atomic E-state index is -0.126. The lowest BCUT2D eigenvalue weighted by Gasteiger charge is -2.45. The van der Waals surface area contributed by atoms with Crippen molar-refractivity contribution in [1.29, 1.82) is 0 Å². The van der Waals surface area contributed by atoms with Crippen molar-refractivity contribution in [1.82, 2.24) is 4.90 Å². The molecule has 112 valence electrons. The largest absolute Gasteiger partial charge is 0.391 e. The molecule has 0 aromatic carbocycles. The lowest BCUT2D eigenvalue weighted by molar-refractivity contribution is -0.0607. The van der Waals surface area contributed by atoms with Gasteiger partial charge in [0.15, 0.2) is 0 Å². The van der Waals surface area contributed by atoms with Gasteiger partial charge in [-0.25, -0.2) is 0 Å². The predicted molar refractivity (Wildman–Crippen MR) is 78.2 cm³/mol. The Labute approximate surface area is 118 Å². The topological polar surface area (TPSA) is 32.7 Å². The van der Waals surface area contributed by atoms with Crippen LogP contribution >= 0.6 is 0 Å². The van der Waals surface area contributed by atoms with Crippen molar-refractivity contribution >= 4 is 0 Å². The number of piperidine rings is 1. The third-order valence-corrected chi connectivity index (χ3v) is 5.28. The minimum absolute atomic E-state index is 0.126. The van der Waals surface area contributed by atoms with E-state index in [1.807, 2.05) is 7.11 Å². The first-order valence-corrected chi connectivity index (χ1v) is 8.10. The van der Waals surface area contributed by atoms with E-state index in [1.54, 1.807) is 0 Å². The first-order chi connectivity index (χ1) is 9.15. The van der Waals surface area contributed by atoms with Crippen LogP contribution in [0.1, 0.15) is 52.4 Å². The molecule has 5 unspecified atom stereocenters. The second kappa shape index (κ2) is 7.05. The van der Waals surface area contributed by atoms with Gasteiger partial charge in [-0.05, 0) is 44.1 Å². The number of rotatable bonds is 4. The summed E-state index contributed by atoms with van der Waals surface area (Å²) in [7, 11) is 1.82. The van der Waals surface area contributed by atoms with E-state index in [9.17, 15) is 5.11 Å². The van der Waals surface area contributed by atoms with E-state index < -0.39 is 0 Å². The Hall–Kier alpha value is -0.120. The second-order valence-electron chi connectivity index (χ2n) is 6.64. The molecule has 19 heavy (non-hydrogen) atoms. The normalized spacial score (nSPS) is 41.4. The number of methoxy groups -OCH3 is 1. The summed E-state index contributed by atoms with van der Waals surface area (Å²) in [5.74, 6) is 1.46. The Morgan fingerprint density at radius 3 is 2.74 bits per heavy atom. The molecule has 1 aliphatic carbocycles. The van der Waals surface area contributed by atoms with Crippen LogP contribution in [0, 0.1) is 11.8 Å². The van der Waals surface area contributed by atoms with E-state index >= 15 is 0 Å². The highest BCUT2D eigenvalue weighted by molar-refractivity contribution is 4.90. The molecule has 1 heterocycles. The van der Waals surface area contributed by atoms with Crippen molar-refractivity contribution in [2.75, 3.05) is 20.2 Å². The van der Waals surface area contributed by atoms with Crippen LogP contribution in [0.15, 0.2) is 0 Å². The average molecular weight is 269 g/mol. The van der Waals surface area contributed by atoms with Crippen molar-refractivity contribution < 1.29 is 9.84 Å². The summed E-state index contributed by atoms with van der Waals surface area (Å²) in [6, 6.07) is 0.371. The van der Waals surface area contributed by atoms with Gasteiger partial charge in [0.05, 0.1) is 12.2 Å². The van der Waals surface area contributed by atoms with Gasteiger partial charge in [-0.15, -0.1) is 0 Å². The zero-order chi connectivity index (χ0) is 13.8. The number of aliphatic hydroxyl groups excluding tert-OH is 1. The van der Waals surface area contributed by atoms with E-state index in [1.165, 1.54) is 32.1 Å². The van der Waals surface area contributed by atoms with Crippen molar-refractivity contribution in [3.05, 3.63) is 0 Å². The number of nitrogens with zero attached hydrogens (tertiary/aromatic N) is 1. The van der Waals surface area contributed by atoms with Crippen LogP contribution in [-0.2, 0) is 4.74 Å². The van der Waals surface area contributed by atoms with E-state index in [4.69, 9.17) is 4.74 Å². The third kappa shape index (κ3) is 3.71. The molecule has 1 saturated carbocycles. The third-order valence-electron chi connectivity index (χ3n) is 5.28. The summed E-state index contributed by atoms with van der Waals surface area (Å²) in [4.78, 5) is 2.50. The smallest absolute Gasteiger partial charge is 0.0724 e. The molecule has 0 radical (unpaired) electrons. The maximum absolute atomic E-state index is 10.3. The summed E-state index contributed by atoms with van der Waals surface area (Å²) < 4.78 is 5.61. The summed E-state index contributed by atoms with van der Waals surface area (Å²) in [6.45, 7) is 6.67. The molecule has 2 fully saturated rings. The van der Waals surface area contributed by atoms with Crippen LogP contribution in [0.4, 0.5) is 0 Å². The van der Waals surface area contributed by atoms with Gasteiger partial charge in [0.25, 0.3) is 0 Å². The average Bonchev–Trinajstić information content (AvgIpc) is 2.42. The summed E-state index contributed by atoms with van der Waals surface area (Å²) in [5, 5.41) is 10.3. The lowest BCUT2D eigenvalue weighted by atomic mass is 9.80. The van der Waals surface area contributed by atoms with Crippen LogP contribution in [0.5, 0.6) is 0 Å². The molecular weight excluding hydrogens is 238 g/mol. The van der Waals surface area contributed by atoms with Gasteiger partial charge in [-0.1, -0.05) is 26.7 Å². The Kier molecular flexibility index (Phi) is 5.67. The van der Waals surface area contributed by atoms with E-state index in [2.05, 4.69) is 18.7 Å². The molecule has 2 rings (SSSR count). The molecule has 1 aliphatic heterocycles. The lowest BCUT2D eigenvalue weighted by Crippen LogP contribution is -2.54. The summed E-state index contributed by atoms with van der Waals surface area (Å²) >= 11 is 0. The molecule has 3 heteroatoms. The first-order valence-electron chi connectivity index (χ1n) is 8.10. The number of ether oxygens (including phenoxy) is 1. The fourth-order valence-electron chi connectivity index (χ4n) is 3.94. The van der Waals surface area contributed by atoms with Crippen LogP contribution in [0.2, 0.25) is 0 Å². The highest BCUT2D eigenvalue weighted by Gasteiger charge is 2.36. The van der Waals surface area contributed by atoms with Crippen molar-refractivity contribution in [3.8, 4) is 0 Å². The number of hydrogen-bond acceptors (Lipinski definition) is 3. The zero-order valence-corrected chi connectivity index (χ0v) is 12.8. The molecule has 0 aromatic heterocycles. The highest BCUT2D eigenvalue weighted by Crippen LogP contribution is 2.33. The fourth-order valence-corrected chi connectivity index (χ4v) is 3.94. The zero-order valence-electron chi connectivity index (χ0n) is 12.8. The van der Waals surface area contributed by atoms with Gasteiger partial charge in [0, 0.05) is 19.7 Å². The first kappa shape index (κ1) is 15.3. The molecule has 0 aromatic rings. The number of aliphatic hydroxyl groups is 1. The van der Waals surface area contributed by atoms with Crippen LogP contribution in [0.25, 0.3) is 0 Å². The SMILES string of the molecule is CCCC1CCC(O)C(N2CCC(C)C(OC)C2)C1. The summed E-state index contributed by atoms with van der Waals surface area (Å²) in [6.07, 6.45) is 7.38. The van der Waals surface area contributed by atoms with Crippen molar-refractivity contribution in [2.24, 2.45) is 11.8 Å². The maximum Gasteiger partial charge on any atom is 0.0724 e. The van der Waals surface area contributed by atoms with Crippen LogP contribution < -0.4 is 0 Å². The Bertz CT molecular complexity index is 271. The van der Waals surface area contributed by atoms with E-state index in [0.717, 1.165) is 25.4 Å². The maximum atomic E-state index is 10.3. The molecule has 3 nitrogen and oxygen atoms in total. The molecule has 1 N–H and O–H groups in total. The van der Waals surface area contributed by atoms with Gasteiger partial charge in [0.2, 0.25) is 0 Å². The molecule has 0 amide bonds. The molecule has 1 saturated heterocycles. The van der Waals surface area contributed by atoms with Gasteiger partial charge >= 0.3 is 0 Å². The van der Waals surface area contributed by atoms with Gasteiger partial charge in [0.1, 0.15) is 0 Å². The predicted octanol–water partition coefficient (Wildman–Crippen LogP) is 2.67. The van der Waals surface area contributed by atoms with E-state index in [0.29, 0.717) is 18.1 Å². The van der Waals surface area contributed by atoms with E-state index in [-0.39, 0.29) is 6.10 Å². The highest BCUT2D eigenvalue weighted by atomic mass is 16.5. The van der Waals surface area contributed by atoms with Crippen molar-refractivity contribution in [3.63, 3.8) is 0 Å². The molecule has 5 atom stereocenters. The Morgan fingerprint density at radius 1 is 1.26 bits per heavy atom. The van der Waals surface area contributed by atoms with Crippen LogP contribution in [-0.4, -0.2) is 48.5 Å². The molecule has 0 bridgehead atoms. The number of likely N-dealkylation sites (tertiary alicyclic amines) is 1. The Morgan fingerprint density at radius 2 is 2.05 bits per heavy atom. The van der Waals surface area contributed by atoms with Gasteiger partial charge in [-0.3, -0.25) is 4.90 Å². The number of hydrogen-bond donors (Lipinski definition) is 1. The standard InChI is InChI=1S/C16H31NO2/c1-4-5-13-6-7-15(18)14(10-13)17-9-8-12(2)16(11-17)19-3/h12-16,18H,4-11H2,1-3H3. The van der Waals surface area contributed by atoms with Crippen LogP contribution in [0.3, 0.4) is 0 Å². The molecule has 0 spiro atoms. The second-order valence-corrected chi connectivity index (χ2v) is 6.64. The summed E-state index contributed by atoms with van der Waals surface area (Å²) in [5.41, 5.74) is 0. The minimum Gasteiger partial charge on any atom is -0.391 e. The Balaban J connectivity index is 1.94. The quantitative estimate of drug-likeness (QED) is 0.851. The molecule has 2 aliphatic rings. The fraction of sp³-hybridized carbons (Fsp3) is 1.00.